The smallest absolute Gasteiger partial charge is 0.119 e. The lowest BCUT2D eigenvalue weighted by Gasteiger charge is -2.52. The van der Waals surface area contributed by atoms with E-state index in [1.54, 1.807) is 18.2 Å². The lowest BCUT2D eigenvalue weighted by atomic mass is 9.53. The van der Waals surface area contributed by atoms with E-state index in [0.29, 0.717) is 5.41 Å². The molecule has 0 spiro atoms. The molecule has 3 rings (SSSR count). The Morgan fingerprint density at radius 3 is 2.73 bits per heavy atom. The highest BCUT2D eigenvalue weighted by Gasteiger charge is 2.46. The van der Waals surface area contributed by atoms with E-state index in [4.69, 9.17) is 4.74 Å². The van der Waals surface area contributed by atoms with Gasteiger partial charge in [-0.25, -0.2) is 0 Å². The molecule has 0 amide bonds. The Bertz CT molecular complexity index is 521. The third-order valence-corrected chi connectivity index (χ3v) is 6.71. The number of benzene rings is 1. The summed E-state index contributed by atoms with van der Waals surface area (Å²) < 4.78 is 5.42. The largest absolute Gasteiger partial charge is 0.497 e. The van der Waals surface area contributed by atoms with Crippen molar-refractivity contribution in [2.45, 2.75) is 71.6 Å². The standard InChI is InChI=1S/C21H32O/c1-5-12-21(3)13-11-18-17-10-8-16(22-4)14-15(17)7-9-19(18)20(21)6-2/h8,10,14,18-20H,5-7,9,11-13H2,1-4H3/t18-,19-,20?,21?/m1/s1. The fourth-order valence-corrected chi connectivity index (χ4v) is 5.76. The number of methoxy groups -OCH3 is 1. The maximum atomic E-state index is 5.42. The van der Waals surface area contributed by atoms with E-state index in [9.17, 15) is 0 Å². The van der Waals surface area contributed by atoms with Crippen LogP contribution in [0.4, 0.5) is 0 Å². The molecule has 0 aromatic heterocycles. The van der Waals surface area contributed by atoms with E-state index in [2.05, 4.69) is 39.0 Å². The topological polar surface area (TPSA) is 9.23 Å². The number of hydrogen-bond acceptors (Lipinski definition) is 1. The van der Waals surface area contributed by atoms with Crippen LogP contribution in [0, 0.1) is 17.3 Å². The maximum Gasteiger partial charge on any atom is 0.119 e. The van der Waals surface area contributed by atoms with Gasteiger partial charge in [-0.3, -0.25) is 0 Å². The molecule has 1 fully saturated rings. The van der Waals surface area contributed by atoms with Crippen molar-refractivity contribution in [1.82, 2.24) is 0 Å². The van der Waals surface area contributed by atoms with Gasteiger partial charge < -0.3 is 4.74 Å². The highest BCUT2D eigenvalue weighted by atomic mass is 16.5. The SMILES string of the molecule is CCCC1(C)CC[C@@H]2c3ccc(OC)cc3CC[C@H]2C1CC. The normalized spacial score (nSPS) is 33.9. The van der Waals surface area contributed by atoms with Crippen molar-refractivity contribution in [3.63, 3.8) is 0 Å². The fourth-order valence-electron chi connectivity index (χ4n) is 5.76. The van der Waals surface area contributed by atoms with Gasteiger partial charge in [-0.05, 0) is 78.5 Å². The Labute approximate surface area is 136 Å². The predicted molar refractivity (Wildman–Crippen MR) is 93.6 cm³/mol. The zero-order valence-electron chi connectivity index (χ0n) is 14.8. The molecule has 122 valence electrons. The molecule has 0 N–H and O–H groups in total. The third-order valence-electron chi connectivity index (χ3n) is 6.71. The van der Waals surface area contributed by atoms with Gasteiger partial charge in [-0.2, -0.15) is 0 Å². The number of fused-ring (bicyclic) bond motifs is 3. The minimum absolute atomic E-state index is 0.578. The van der Waals surface area contributed by atoms with Gasteiger partial charge in [0.2, 0.25) is 0 Å². The molecule has 0 aliphatic heterocycles. The van der Waals surface area contributed by atoms with Gasteiger partial charge in [0.25, 0.3) is 0 Å². The lowest BCUT2D eigenvalue weighted by molar-refractivity contribution is 0.0213. The minimum Gasteiger partial charge on any atom is -0.497 e. The molecule has 1 heteroatoms. The van der Waals surface area contributed by atoms with Crippen LogP contribution in [0.25, 0.3) is 0 Å². The Morgan fingerprint density at radius 1 is 1.23 bits per heavy atom. The molecule has 22 heavy (non-hydrogen) atoms. The molecule has 1 aromatic carbocycles. The summed E-state index contributed by atoms with van der Waals surface area (Å²) in [5, 5.41) is 0. The Balaban J connectivity index is 1.91. The Morgan fingerprint density at radius 2 is 2.05 bits per heavy atom. The Hall–Kier alpha value is -0.980. The average molecular weight is 300 g/mol. The van der Waals surface area contributed by atoms with Crippen molar-refractivity contribution in [1.29, 1.82) is 0 Å². The summed E-state index contributed by atoms with van der Waals surface area (Å²) >= 11 is 0. The second-order valence-electron chi connectivity index (χ2n) is 7.83. The van der Waals surface area contributed by atoms with Crippen LogP contribution in [0.15, 0.2) is 18.2 Å². The summed E-state index contributed by atoms with van der Waals surface area (Å²) in [6.45, 7) is 7.35. The molecule has 0 heterocycles. The first-order valence-electron chi connectivity index (χ1n) is 9.29. The Kier molecular flexibility index (Phi) is 4.52. The van der Waals surface area contributed by atoms with E-state index in [0.717, 1.165) is 23.5 Å². The highest BCUT2D eigenvalue weighted by molar-refractivity contribution is 5.40. The van der Waals surface area contributed by atoms with Crippen molar-refractivity contribution in [2.75, 3.05) is 7.11 Å². The first kappa shape index (κ1) is 15.9. The lowest BCUT2D eigenvalue weighted by Crippen LogP contribution is -2.42. The van der Waals surface area contributed by atoms with Gasteiger partial charge in [-0.1, -0.05) is 39.7 Å². The summed E-state index contributed by atoms with van der Waals surface area (Å²) in [5.74, 6) is 3.62. The summed E-state index contributed by atoms with van der Waals surface area (Å²) in [7, 11) is 1.78. The van der Waals surface area contributed by atoms with Gasteiger partial charge in [0.15, 0.2) is 0 Å². The molecule has 0 radical (unpaired) electrons. The van der Waals surface area contributed by atoms with Crippen molar-refractivity contribution in [3.05, 3.63) is 29.3 Å². The van der Waals surface area contributed by atoms with Gasteiger partial charge in [0.05, 0.1) is 7.11 Å². The molecule has 0 bridgehead atoms. The average Bonchev–Trinajstić information content (AvgIpc) is 2.53. The molecule has 1 nitrogen and oxygen atoms in total. The molecule has 0 saturated heterocycles. The van der Waals surface area contributed by atoms with Crippen LogP contribution in [-0.4, -0.2) is 7.11 Å². The number of hydrogen-bond donors (Lipinski definition) is 0. The maximum absolute atomic E-state index is 5.42. The summed E-state index contributed by atoms with van der Waals surface area (Å²) in [4.78, 5) is 0. The molecular formula is C21H32O. The highest BCUT2D eigenvalue weighted by Crippen LogP contribution is 2.57. The number of rotatable bonds is 4. The van der Waals surface area contributed by atoms with Crippen LogP contribution in [0.2, 0.25) is 0 Å². The van der Waals surface area contributed by atoms with Crippen LogP contribution in [0.5, 0.6) is 5.75 Å². The summed E-state index contributed by atoms with van der Waals surface area (Å²) in [6.07, 6.45) is 9.50. The molecule has 1 aromatic rings. The van der Waals surface area contributed by atoms with E-state index >= 15 is 0 Å². The van der Waals surface area contributed by atoms with Crippen LogP contribution in [0.1, 0.15) is 76.3 Å². The van der Waals surface area contributed by atoms with E-state index < -0.39 is 0 Å². The second kappa shape index (κ2) is 6.26. The van der Waals surface area contributed by atoms with Gasteiger partial charge in [0, 0.05) is 0 Å². The summed E-state index contributed by atoms with van der Waals surface area (Å²) in [5.41, 5.74) is 3.76. The quantitative estimate of drug-likeness (QED) is 0.666. The molecule has 1 saturated carbocycles. The van der Waals surface area contributed by atoms with Gasteiger partial charge in [-0.15, -0.1) is 0 Å². The summed E-state index contributed by atoms with van der Waals surface area (Å²) in [6, 6.07) is 6.81. The zero-order chi connectivity index (χ0) is 15.7. The minimum atomic E-state index is 0.578. The van der Waals surface area contributed by atoms with E-state index in [-0.39, 0.29) is 0 Å². The van der Waals surface area contributed by atoms with Gasteiger partial charge >= 0.3 is 0 Å². The molecule has 2 unspecified atom stereocenters. The third kappa shape index (κ3) is 2.57. The van der Waals surface area contributed by atoms with Crippen molar-refractivity contribution < 1.29 is 4.74 Å². The van der Waals surface area contributed by atoms with E-state index in [1.807, 2.05) is 0 Å². The van der Waals surface area contributed by atoms with Crippen LogP contribution >= 0.6 is 0 Å². The number of ether oxygens (including phenoxy) is 1. The van der Waals surface area contributed by atoms with Crippen molar-refractivity contribution in [3.8, 4) is 5.75 Å². The monoisotopic (exact) mass is 300 g/mol. The zero-order valence-corrected chi connectivity index (χ0v) is 14.8. The van der Waals surface area contributed by atoms with Crippen LogP contribution in [-0.2, 0) is 6.42 Å². The van der Waals surface area contributed by atoms with Gasteiger partial charge in [0.1, 0.15) is 5.75 Å². The first-order chi connectivity index (χ1) is 10.6. The van der Waals surface area contributed by atoms with Crippen LogP contribution in [0.3, 0.4) is 0 Å². The molecule has 2 aliphatic carbocycles. The number of aryl methyl sites for hydroxylation is 1. The molecular weight excluding hydrogens is 268 g/mol. The first-order valence-corrected chi connectivity index (χ1v) is 9.29. The second-order valence-corrected chi connectivity index (χ2v) is 7.83. The fraction of sp³-hybridized carbons (Fsp3) is 0.714. The predicted octanol–water partition coefficient (Wildman–Crippen LogP) is 5.97. The molecule has 2 aliphatic rings. The van der Waals surface area contributed by atoms with Crippen LogP contribution < -0.4 is 4.74 Å². The van der Waals surface area contributed by atoms with E-state index in [1.165, 1.54) is 44.9 Å². The molecule has 4 atom stereocenters. The van der Waals surface area contributed by atoms with Crippen molar-refractivity contribution in [2.24, 2.45) is 17.3 Å². The van der Waals surface area contributed by atoms with Crippen molar-refractivity contribution >= 4 is 0 Å².